The number of ether oxygens (including phenoxy) is 1. The fourth-order valence-electron chi connectivity index (χ4n) is 2.90. The quantitative estimate of drug-likeness (QED) is 0.419. The number of esters is 1. The van der Waals surface area contributed by atoms with Gasteiger partial charge in [-0.3, -0.25) is 4.79 Å². The Labute approximate surface area is 184 Å². The van der Waals surface area contributed by atoms with Crippen LogP contribution < -0.4 is 5.56 Å². The van der Waals surface area contributed by atoms with Gasteiger partial charge in [0.25, 0.3) is 5.56 Å². The summed E-state index contributed by atoms with van der Waals surface area (Å²) in [6, 6.07) is 8.71. The van der Waals surface area contributed by atoms with E-state index in [2.05, 4.69) is 15.2 Å². The highest BCUT2D eigenvalue weighted by molar-refractivity contribution is 7.16. The lowest BCUT2D eigenvalue weighted by Gasteiger charge is -2.06. The van der Waals surface area contributed by atoms with Crippen molar-refractivity contribution in [3.05, 3.63) is 78.4 Å². The molecule has 0 bridgehead atoms. The van der Waals surface area contributed by atoms with Gasteiger partial charge < -0.3 is 4.74 Å². The van der Waals surface area contributed by atoms with Gasteiger partial charge in [0, 0.05) is 16.8 Å². The van der Waals surface area contributed by atoms with E-state index in [4.69, 9.17) is 27.9 Å². The fourth-order valence-corrected chi connectivity index (χ4v) is 4.26. The van der Waals surface area contributed by atoms with Crippen LogP contribution in [0.5, 0.6) is 0 Å². The lowest BCUT2D eigenvalue weighted by atomic mass is 10.2. The Hall–Kier alpha value is -2.75. The first-order chi connectivity index (χ1) is 14.3. The van der Waals surface area contributed by atoms with Crippen molar-refractivity contribution in [3.8, 4) is 0 Å². The van der Waals surface area contributed by atoms with Crippen molar-refractivity contribution in [2.45, 2.75) is 27.0 Å². The molecule has 0 aliphatic rings. The van der Waals surface area contributed by atoms with Crippen LogP contribution in [0.1, 0.15) is 32.3 Å². The lowest BCUT2D eigenvalue weighted by Crippen LogP contribution is -2.14. The van der Waals surface area contributed by atoms with E-state index in [1.165, 1.54) is 26.6 Å². The van der Waals surface area contributed by atoms with Crippen molar-refractivity contribution < 1.29 is 9.53 Å². The fraction of sp³-hybridized carbons (Fsp3) is 0.211. The van der Waals surface area contributed by atoms with E-state index in [1.54, 1.807) is 19.9 Å². The average Bonchev–Trinajstić information content (AvgIpc) is 3.22. The highest BCUT2D eigenvalue weighted by atomic mass is 35.5. The molecule has 8 nitrogen and oxygen atoms in total. The molecule has 154 valence electrons. The molecule has 1 aromatic carbocycles. The van der Waals surface area contributed by atoms with Gasteiger partial charge in [-0.2, -0.15) is 14.7 Å². The Kier molecular flexibility index (Phi) is 5.59. The summed E-state index contributed by atoms with van der Waals surface area (Å²) in [6.45, 7) is 3.61. The van der Waals surface area contributed by atoms with Crippen LogP contribution in [0, 0.1) is 13.8 Å². The first kappa shape index (κ1) is 20.5. The van der Waals surface area contributed by atoms with Crippen LogP contribution in [0.2, 0.25) is 10.2 Å². The minimum Gasteiger partial charge on any atom is -0.454 e. The van der Waals surface area contributed by atoms with Crippen LogP contribution in [0.25, 0.3) is 4.96 Å². The highest BCUT2D eigenvalue weighted by Crippen LogP contribution is 2.24. The van der Waals surface area contributed by atoms with Crippen LogP contribution >= 0.6 is 34.5 Å². The number of carbonyl (C=O) groups excluding carboxylic acids is 1. The Balaban J connectivity index is 1.53. The van der Waals surface area contributed by atoms with E-state index in [0.29, 0.717) is 32.9 Å². The molecule has 4 rings (SSSR count). The van der Waals surface area contributed by atoms with E-state index in [9.17, 15) is 9.59 Å². The first-order valence-corrected chi connectivity index (χ1v) is 10.4. The summed E-state index contributed by atoms with van der Waals surface area (Å²) >= 11 is 13.8. The molecule has 0 amide bonds. The van der Waals surface area contributed by atoms with Crippen LogP contribution in [0.3, 0.4) is 0 Å². The number of benzene rings is 1. The molecule has 3 aromatic heterocycles. The third-order valence-corrected chi connectivity index (χ3v) is 5.92. The first-order valence-electron chi connectivity index (χ1n) is 8.83. The molecule has 0 saturated carbocycles. The molecule has 4 aromatic rings. The predicted octanol–water partition coefficient (Wildman–Crippen LogP) is 3.68. The normalized spacial score (nSPS) is 11.2. The van der Waals surface area contributed by atoms with Gasteiger partial charge >= 0.3 is 5.97 Å². The van der Waals surface area contributed by atoms with E-state index in [1.807, 2.05) is 18.2 Å². The summed E-state index contributed by atoms with van der Waals surface area (Å²) in [5.74, 6) is -0.626. The minimum atomic E-state index is -0.626. The van der Waals surface area contributed by atoms with Crippen LogP contribution in [0.4, 0.5) is 0 Å². The summed E-state index contributed by atoms with van der Waals surface area (Å²) < 4.78 is 8.04. The number of aromatic nitrogens is 5. The number of carbonyl (C=O) groups is 1. The number of aryl methyl sites for hydroxylation is 2. The number of halogens is 2. The van der Waals surface area contributed by atoms with Crippen LogP contribution in [-0.4, -0.2) is 30.3 Å². The molecule has 0 fully saturated rings. The molecule has 11 heteroatoms. The largest absolute Gasteiger partial charge is 0.454 e. The molecule has 0 atom stereocenters. The SMILES string of the molecule is Cc1cc(=O)n2nc(COC(=O)c3c(C)nn(Cc4ccccc4Cl)c3Cl)sc2n1. The van der Waals surface area contributed by atoms with Gasteiger partial charge in [-0.15, -0.1) is 0 Å². The van der Waals surface area contributed by atoms with Crippen molar-refractivity contribution >= 4 is 45.5 Å². The van der Waals surface area contributed by atoms with E-state index in [0.717, 1.165) is 5.56 Å². The number of hydrogen-bond acceptors (Lipinski definition) is 7. The summed E-state index contributed by atoms with van der Waals surface area (Å²) in [5.41, 5.74) is 1.75. The van der Waals surface area contributed by atoms with Gasteiger partial charge in [-0.1, -0.05) is 52.7 Å². The zero-order valence-corrected chi connectivity index (χ0v) is 18.3. The Morgan fingerprint density at radius 1 is 1.20 bits per heavy atom. The maximum atomic E-state index is 12.6. The molecule has 0 N–H and O–H groups in total. The topological polar surface area (TPSA) is 91.4 Å². The second kappa shape index (κ2) is 8.17. The van der Waals surface area contributed by atoms with Gasteiger partial charge in [-0.05, 0) is 25.5 Å². The molecule has 0 aliphatic carbocycles. The summed E-state index contributed by atoms with van der Waals surface area (Å²) in [6.07, 6.45) is 0. The molecule has 0 radical (unpaired) electrons. The van der Waals surface area contributed by atoms with Crippen molar-refractivity contribution in [1.29, 1.82) is 0 Å². The molecule has 30 heavy (non-hydrogen) atoms. The molecular formula is C19H15Cl2N5O3S. The molecular weight excluding hydrogens is 449 g/mol. The van der Waals surface area contributed by atoms with Crippen molar-refractivity contribution in [3.63, 3.8) is 0 Å². The van der Waals surface area contributed by atoms with E-state index < -0.39 is 5.97 Å². The van der Waals surface area contributed by atoms with E-state index >= 15 is 0 Å². The Morgan fingerprint density at radius 2 is 1.97 bits per heavy atom. The molecule has 0 aliphatic heterocycles. The number of nitrogens with zero attached hydrogens (tertiary/aromatic N) is 5. The van der Waals surface area contributed by atoms with Crippen molar-refractivity contribution in [2.75, 3.05) is 0 Å². The maximum Gasteiger partial charge on any atom is 0.343 e. The second-order valence-corrected chi connectivity index (χ2v) is 8.31. The van der Waals surface area contributed by atoms with E-state index in [-0.39, 0.29) is 22.9 Å². The molecule has 0 spiro atoms. The predicted molar refractivity (Wildman–Crippen MR) is 114 cm³/mol. The Morgan fingerprint density at radius 3 is 2.73 bits per heavy atom. The second-order valence-electron chi connectivity index (χ2n) is 6.50. The van der Waals surface area contributed by atoms with Gasteiger partial charge in [0.1, 0.15) is 17.3 Å². The third kappa shape index (κ3) is 3.96. The smallest absolute Gasteiger partial charge is 0.343 e. The Bertz CT molecular complexity index is 1330. The zero-order chi connectivity index (χ0) is 21.4. The maximum absolute atomic E-state index is 12.6. The van der Waals surface area contributed by atoms with Crippen molar-refractivity contribution in [2.24, 2.45) is 0 Å². The number of rotatable bonds is 5. The number of hydrogen-bond donors (Lipinski definition) is 0. The average molecular weight is 464 g/mol. The lowest BCUT2D eigenvalue weighted by molar-refractivity contribution is 0.0470. The van der Waals surface area contributed by atoms with Gasteiger partial charge in [0.2, 0.25) is 4.96 Å². The van der Waals surface area contributed by atoms with Crippen LogP contribution in [0.15, 0.2) is 35.1 Å². The molecule has 0 unspecified atom stereocenters. The van der Waals surface area contributed by atoms with Gasteiger partial charge in [0.05, 0.1) is 12.2 Å². The molecule has 0 saturated heterocycles. The van der Waals surface area contributed by atoms with Gasteiger partial charge in [-0.25, -0.2) is 14.5 Å². The highest BCUT2D eigenvalue weighted by Gasteiger charge is 2.23. The molecule has 3 heterocycles. The zero-order valence-electron chi connectivity index (χ0n) is 15.9. The van der Waals surface area contributed by atoms with Crippen molar-refractivity contribution in [1.82, 2.24) is 24.4 Å². The monoisotopic (exact) mass is 463 g/mol. The minimum absolute atomic E-state index is 0.114. The summed E-state index contributed by atoms with van der Waals surface area (Å²) in [4.78, 5) is 29.3. The third-order valence-electron chi connectivity index (χ3n) is 4.29. The van der Waals surface area contributed by atoms with Gasteiger partial charge in [0.15, 0.2) is 5.01 Å². The number of fused-ring (bicyclic) bond motifs is 1. The standard InChI is InChI=1S/C19H15Cl2N5O3S/c1-10-7-15(27)26-19(22-10)30-14(24-26)9-29-18(28)16-11(2)23-25(17(16)21)8-12-5-3-4-6-13(12)20/h3-7H,8-9H2,1-2H3. The summed E-state index contributed by atoms with van der Waals surface area (Å²) in [5, 5.41) is 9.67. The van der Waals surface area contributed by atoms with Crippen LogP contribution in [-0.2, 0) is 17.9 Å². The summed E-state index contributed by atoms with van der Waals surface area (Å²) in [7, 11) is 0.